The van der Waals surface area contributed by atoms with E-state index in [0.29, 0.717) is 0 Å². The maximum atomic E-state index is 10.7. The van der Waals surface area contributed by atoms with E-state index in [9.17, 15) is 9.59 Å². The van der Waals surface area contributed by atoms with E-state index >= 15 is 0 Å². The monoisotopic (exact) mass is 193 g/mol. The van der Waals surface area contributed by atoms with Crippen LogP contribution in [-0.2, 0) is 16.0 Å². The normalized spacial score (nSPS) is 14.4. The van der Waals surface area contributed by atoms with Gasteiger partial charge in [-0.15, -0.1) is 0 Å². The van der Waals surface area contributed by atoms with Gasteiger partial charge in [0.2, 0.25) is 0 Å². The van der Waals surface area contributed by atoms with Gasteiger partial charge in [0.15, 0.2) is 11.8 Å². The van der Waals surface area contributed by atoms with Crippen molar-refractivity contribution in [2.75, 3.05) is 0 Å². The predicted molar refractivity (Wildman–Crippen MR) is 50.8 cm³/mol. The van der Waals surface area contributed by atoms with E-state index in [1.54, 1.807) is 24.3 Å². The van der Waals surface area contributed by atoms with Gasteiger partial charge in [-0.05, 0) is 5.56 Å². The average Bonchev–Trinajstić information content (AvgIpc) is 2.19. The van der Waals surface area contributed by atoms with Crippen LogP contribution < -0.4 is 5.73 Å². The van der Waals surface area contributed by atoms with Gasteiger partial charge in [-0.1, -0.05) is 30.3 Å². The smallest absolute Gasteiger partial charge is 0.331 e. The highest BCUT2D eigenvalue weighted by Crippen LogP contribution is 2.09. The van der Waals surface area contributed by atoms with Gasteiger partial charge in [-0.3, -0.25) is 0 Å². The summed E-state index contributed by atoms with van der Waals surface area (Å²) in [7, 11) is 0. The lowest BCUT2D eigenvalue weighted by atomic mass is 9.94. The Morgan fingerprint density at radius 2 is 2.00 bits per heavy atom. The Balaban J connectivity index is 2.86. The summed E-state index contributed by atoms with van der Waals surface area (Å²) in [6.07, 6.45) is 0.273. The molecule has 1 unspecified atom stereocenters. The highest BCUT2D eigenvalue weighted by atomic mass is 16.4. The molecule has 14 heavy (non-hydrogen) atoms. The first-order chi connectivity index (χ1) is 6.58. The van der Waals surface area contributed by atoms with Crippen LogP contribution in [0, 0.1) is 0 Å². The van der Waals surface area contributed by atoms with E-state index in [4.69, 9.17) is 10.8 Å². The Morgan fingerprint density at radius 3 is 2.43 bits per heavy atom. The molecule has 0 aliphatic carbocycles. The Bertz CT molecular complexity index is 336. The van der Waals surface area contributed by atoms with Crippen LogP contribution in [0.4, 0.5) is 0 Å². The van der Waals surface area contributed by atoms with Crippen molar-refractivity contribution in [2.45, 2.75) is 12.0 Å². The number of carbonyl (C=O) groups is 2. The Labute approximate surface area is 81.3 Å². The van der Waals surface area contributed by atoms with Crippen molar-refractivity contribution in [1.82, 2.24) is 0 Å². The molecule has 0 amide bonds. The fourth-order valence-corrected chi connectivity index (χ4v) is 1.10. The zero-order valence-corrected chi connectivity index (χ0v) is 7.51. The molecule has 74 valence electrons. The van der Waals surface area contributed by atoms with Crippen molar-refractivity contribution < 1.29 is 14.7 Å². The van der Waals surface area contributed by atoms with Crippen LogP contribution in [0.1, 0.15) is 5.56 Å². The third-order valence-corrected chi connectivity index (χ3v) is 1.95. The van der Waals surface area contributed by atoms with E-state index < -0.39 is 11.5 Å². The lowest BCUT2D eigenvalue weighted by Crippen LogP contribution is -2.51. The first-order valence-corrected chi connectivity index (χ1v) is 4.11. The zero-order valence-electron chi connectivity index (χ0n) is 7.51. The molecule has 1 aromatic carbocycles. The lowest BCUT2D eigenvalue weighted by Gasteiger charge is -2.17. The second-order valence-corrected chi connectivity index (χ2v) is 3.13. The van der Waals surface area contributed by atoms with Crippen LogP contribution in [0.25, 0.3) is 0 Å². The van der Waals surface area contributed by atoms with Crippen molar-refractivity contribution in [1.29, 1.82) is 0 Å². The molecule has 0 saturated carbocycles. The van der Waals surface area contributed by atoms with Gasteiger partial charge in [0.25, 0.3) is 0 Å². The highest BCUT2D eigenvalue weighted by Gasteiger charge is 2.33. The summed E-state index contributed by atoms with van der Waals surface area (Å²) in [4.78, 5) is 21.3. The van der Waals surface area contributed by atoms with Crippen LogP contribution in [0.15, 0.2) is 30.3 Å². The van der Waals surface area contributed by atoms with Crippen LogP contribution in [0.5, 0.6) is 0 Å². The lowest BCUT2D eigenvalue weighted by molar-refractivity contribution is -0.145. The van der Waals surface area contributed by atoms with Gasteiger partial charge in [-0.2, -0.15) is 0 Å². The van der Waals surface area contributed by atoms with E-state index in [2.05, 4.69) is 0 Å². The number of nitrogens with two attached hydrogens (primary N) is 1. The largest absolute Gasteiger partial charge is 0.480 e. The van der Waals surface area contributed by atoms with Crippen molar-refractivity contribution in [2.24, 2.45) is 5.73 Å². The Morgan fingerprint density at radius 1 is 1.43 bits per heavy atom. The molecule has 0 aromatic heterocycles. The number of carboxylic acids is 1. The molecule has 1 aromatic rings. The molecule has 1 rings (SSSR count). The van der Waals surface area contributed by atoms with Crippen LogP contribution in [0.2, 0.25) is 0 Å². The first kappa shape index (κ1) is 10.4. The van der Waals surface area contributed by atoms with Gasteiger partial charge in [0, 0.05) is 6.42 Å². The molecule has 4 nitrogen and oxygen atoms in total. The number of hydrogen-bond acceptors (Lipinski definition) is 3. The number of benzene rings is 1. The Kier molecular flexibility index (Phi) is 2.99. The molecule has 0 spiro atoms. The second-order valence-electron chi connectivity index (χ2n) is 3.13. The number of hydrogen-bond donors (Lipinski definition) is 2. The standard InChI is InChI=1S/C10H11NO3/c11-10(7-12,9(13)14)6-8-4-2-1-3-5-8/h1-5,7H,6,11H2,(H,13,14). The molecule has 3 N–H and O–H groups in total. The minimum Gasteiger partial charge on any atom is -0.480 e. The quantitative estimate of drug-likeness (QED) is 0.529. The molecule has 0 saturated heterocycles. The van der Waals surface area contributed by atoms with E-state index in [1.807, 2.05) is 6.07 Å². The number of carbonyl (C=O) groups excluding carboxylic acids is 1. The third kappa shape index (κ3) is 2.17. The van der Waals surface area contributed by atoms with Gasteiger partial charge >= 0.3 is 5.97 Å². The molecular weight excluding hydrogens is 182 g/mol. The summed E-state index contributed by atoms with van der Waals surface area (Å²) in [6.45, 7) is 0. The fourth-order valence-electron chi connectivity index (χ4n) is 1.10. The van der Waals surface area contributed by atoms with Crippen LogP contribution >= 0.6 is 0 Å². The number of carboxylic acid groups (broad SMARTS) is 1. The maximum absolute atomic E-state index is 10.7. The minimum absolute atomic E-state index is 0.00662. The van der Waals surface area contributed by atoms with Crippen molar-refractivity contribution in [3.63, 3.8) is 0 Å². The summed E-state index contributed by atoms with van der Waals surface area (Å²) < 4.78 is 0. The third-order valence-electron chi connectivity index (χ3n) is 1.95. The maximum Gasteiger partial charge on any atom is 0.331 e. The molecule has 0 heterocycles. The second kappa shape index (κ2) is 4.02. The van der Waals surface area contributed by atoms with E-state index in [0.717, 1.165) is 5.56 Å². The average molecular weight is 193 g/mol. The van der Waals surface area contributed by atoms with E-state index in [-0.39, 0.29) is 12.7 Å². The summed E-state index contributed by atoms with van der Waals surface area (Å²) in [5, 5.41) is 8.74. The molecule has 0 aliphatic heterocycles. The fraction of sp³-hybridized carbons (Fsp3) is 0.200. The van der Waals surface area contributed by atoms with Gasteiger partial charge < -0.3 is 15.6 Å². The summed E-state index contributed by atoms with van der Waals surface area (Å²) in [5.74, 6) is -1.31. The number of aldehydes is 1. The predicted octanol–water partition coefficient (Wildman–Crippen LogP) is 0.210. The van der Waals surface area contributed by atoms with Crippen molar-refractivity contribution in [3.05, 3.63) is 35.9 Å². The Hall–Kier alpha value is -1.68. The minimum atomic E-state index is -1.82. The molecule has 1 atom stereocenters. The molecule has 0 aliphatic rings. The molecule has 0 radical (unpaired) electrons. The number of aliphatic carboxylic acids is 1. The molecular formula is C10H11NO3. The zero-order chi connectivity index (χ0) is 10.6. The van der Waals surface area contributed by atoms with Crippen molar-refractivity contribution >= 4 is 12.3 Å². The van der Waals surface area contributed by atoms with Gasteiger partial charge in [-0.25, -0.2) is 4.79 Å². The molecule has 0 bridgehead atoms. The van der Waals surface area contributed by atoms with Gasteiger partial charge in [0.1, 0.15) is 0 Å². The molecule has 4 heteroatoms. The summed E-state index contributed by atoms with van der Waals surface area (Å²) in [5.41, 5.74) is 4.31. The van der Waals surface area contributed by atoms with Gasteiger partial charge in [0.05, 0.1) is 0 Å². The SMILES string of the molecule is NC(C=O)(Cc1ccccc1)C(=O)O. The van der Waals surface area contributed by atoms with Crippen LogP contribution in [0.3, 0.4) is 0 Å². The molecule has 0 fully saturated rings. The van der Waals surface area contributed by atoms with Crippen molar-refractivity contribution in [3.8, 4) is 0 Å². The highest BCUT2D eigenvalue weighted by molar-refractivity contribution is 5.97. The van der Waals surface area contributed by atoms with Crippen LogP contribution in [-0.4, -0.2) is 22.9 Å². The van der Waals surface area contributed by atoms with E-state index in [1.165, 1.54) is 0 Å². The topological polar surface area (TPSA) is 80.4 Å². The summed E-state index contributed by atoms with van der Waals surface area (Å²) in [6, 6.07) is 8.80. The number of rotatable bonds is 4. The first-order valence-electron chi connectivity index (χ1n) is 4.11. The summed E-state index contributed by atoms with van der Waals surface area (Å²) >= 11 is 0.